The lowest BCUT2D eigenvalue weighted by Crippen LogP contribution is -2.39. The van der Waals surface area contributed by atoms with Crippen molar-refractivity contribution in [3.63, 3.8) is 0 Å². The van der Waals surface area contributed by atoms with Crippen molar-refractivity contribution < 1.29 is 14.4 Å². The fourth-order valence-corrected chi connectivity index (χ4v) is 2.47. The molecule has 0 radical (unpaired) electrons. The van der Waals surface area contributed by atoms with Gasteiger partial charge in [0.25, 0.3) is 0 Å². The molecule has 1 aliphatic heterocycles. The molecule has 1 fully saturated rings. The number of methoxy groups -OCH3 is 1. The molecule has 2 N–H and O–H groups in total. The van der Waals surface area contributed by atoms with E-state index >= 15 is 0 Å². The highest BCUT2D eigenvalue weighted by Crippen LogP contribution is 2.29. The Morgan fingerprint density at radius 2 is 2.12 bits per heavy atom. The minimum atomic E-state index is -0.473. The Morgan fingerprint density at radius 3 is 2.79 bits per heavy atom. The van der Waals surface area contributed by atoms with Crippen LogP contribution in [0.2, 0.25) is 0 Å². The summed E-state index contributed by atoms with van der Waals surface area (Å²) in [6.45, 7) is 6.79. The molecular weight excluding hydrogens is 316 g/mol. The first-order valence-corrected chi connectivity index (χ1v) is 7.90. The number of ether oxygens (including phenoxy) is 2. The first-order valence-electron chi connectivity index (χ1n) is 7.90. The largest absolute Gasteiger partial charge is 0.383 e. The maximum Gasteiger partial charge on any atom is 0.353 e. The maximum absolute atomic E-state index is 11.4. The van der Waals surface area contributed by atoms with Crippen LogP contribution in [0.25, 0.3) is 0 Å². The summed E-state index contributed by atoms with van der Waals surface area (Å²) >= 11 is 0. The van der Waals surface area contributed by atoms with Gasteiger partial charge in [0.1, 0.15) is 6.33 Å². The summed E-state index contributed by atoms with van der Waals surface area (Å²) in [6, 6.07) is -0.107. The zero-order chi connectivity index (χ0) is 17.4. The van der Waals surface area contributed by atoms with Gasteiger partial charge in [-0.15, -0.1) is 0 Å². The van der Waals surface area contributed by atoms with Crippen LogP contribution >= 0.6 is 0 Å². The van der Waals surface area contributed by atoms with Crippen LogP contribution in [0.4, 0.5) is 17.3 Å². The first kappa shape index (κ1) is 18.3. The van der Waals surface area contributed by atoms with Gasteiger partial charge in [0.05, 0.1) is 24.7 Å². The molecule has 134 valence electrons. The van der Waals surface area contributed by atoms with Crippen LogP contribution in [0.3, 0.4) is 0 Å². The molecule has 1 aliphatic rings. The van der Waals surface area contributed by atoms with E-state index < -0.39 is 4.92 Å². The lowest BCUT2D eigenvalue weighted by molar-refractivity contribution is -0.383. The van der Waals surface area contributed by atoms with Crippen molar-refractivity contribution in [2.75, 3.05) is 63.7 Å². The molecule has 0 amide bonds. The molecule has 2 rings (SSSR count). The Kier molecular flexibility index (Phi) is 7.09. The van der Waals surface area contributed by atoms with E-state index in [2.05, 4.69) is 25.5 Å². The summed E-state index contributed by atoms with van der Waals surface area (Å²) in [4.78, 5) is 21.2. The van der Waals surface area contributed by atoms with Crippen LogP contribution in [-0.4, -0.2) is 78.9 Å². The van der Waals surface area contributed by atoms with E-state index in [9.17, 15) is 10.1 Å². The van der Waals surface area contributed by atoms with Gasteiger partial charge in [-0.25, -0.2) is 9.97 Å². The van der Waals surface area contributed by atoms with Gasteiger partial charge in [0.15, 0.2) is 0 Å². The highest BCUT2D eigenvalue weighted by Gasteiger charge is 2.24. The van der Waals surface area contributed by atoms with E-state index in [1.807, 2.05) is 6.92 Å². The molecule has 0 spiro atoms. The predicted molar refractivity (Wildman–Crippen MR) is 89.4 cm³/mol. The van der Waals surface area contributed by atoms with Gasteiger partial charge in [-0.05, 0) is 6.92 Å². The zero-order valence-corrected chi connectivity index (χ0v) is 14.0. The quantitative estimate of drug-likeness (QED) is 0.492. The SMILES string of the molecule is COCC(C)Nc1ncnc(NCCN2CCOCC2)c1[N+](=O)[O-]. The van der Waals surface area contributed by atoms with Crippen molar-refractivity contribution in [1.82, 2.24) is 14.9 Å². The molecule has 10 nitrogen and oxygen atoms in total. The minimum Gasteiger partial charge on any atom is -0.383 e. The van der Waals surface area contributed by atoms with E-state index in [1.165, 1.54) is 6.33 Å². The molecule has 1 aromatic heterocycles. The Morgan fingerprint density at radius 1 is 1.42 bits per heavy atom. The normalized spacial score (nSPS) is 16.6. The summed E-state index contributed by atoms with van der Waals surface area (Å²) in [5, 5.41) is 17.5. The van der Waals surface area contributed by atoms with Crippen molar-refractivity contribution in [3.8, 4) is 0 Å². The smallest absolute Gasteiger partial charge is 0.353 e. The van der Waals surface area contributed by atoms with Crippen molar-refractivity contribution in [2.24, 2.45) is 0 Å². The second kappa shape index (κ2) is 9.30. The fraction of sp³-hybridized carbons (Fsp3) is 0.714. The summed E-state index contributed by atoms with van der Waals surface area (Å²) < 4.78 is 10.3. The number of nitrogens with zero attached hydrogens (tertiary/aromatic N) is 4. The van der Waals surface area contributed by atoms with Gasteiger partial charge in [-0.1, -0.05) is 0 Å². The van der Waals surface area contributed by atoms with Crippen LogP contribution in [0, 0.1) is 10.1 Å². The Bertz CT molecular complexity index is 538. The molecule has 0 bridgehead atoms. The van der Waals surface area contributed by atoms with E-state index in [0.29, 0.717) is 13.2 Å². The number of nitrogens with one attached hydrogen (secondary N) is 2. The van der Waals surface area contributed by atoms with Crippen molar-refractivity contribution in [2.45, 2.75) is 13.0 Å². The molecule has 0 saturated carbocycles. The predicted octanol–water partition coefficient (Wildman–Crippen LogP) is 0.576. The number of rotatable bonds is 9. The summed E-state index contributed by atoms with van der Waals surface area (Å²) in [6.07, 6.45) is 1.31. The average Bonchev–Trinajstić information content (AvgIpc) is 2.56. The third-order valence-electron chi connectivity index (χ3n) is 3.63. The standard InChI is InChI=1S/C14H24N6O4/c1-11(9-23-2)18-14-12(20(21)22)13(16-10-17-14)15-3-4-19-5-7-24-8-6-19/h10-11H,3-9H2,1-2H3,(H2,15,16,17,18). The summed E-state index contributed by atoms with van der Waals surface area (Å²) in [5.74, 6) is 0.406. The topological polar surface area (TPSA) is 115 Å². The Labute approximate surface area is 140 Å². The lowest BCUT2D eigenvalue weighted by atomic mass is 10.3. The molecule has 1 aromatic rings. The number of anilines is 2. The Hall–Kier alpha value is -2.04. The van der Waals surface area contributed by atoms with Crippen LogP contribution in [0.1, 0.15) is 6.92 Å². The molecular formula is C14H24N6O4. The van der Waals surface area contributed by atoms with E-state index in [0.717, 1.165) is 32.8 Å². The molecule has 1 atom stereocenters. The number of nitro groups is 1. The number of hydrogen-bond acceptors (Lipinski definition) is 9. The molecule has 10 heteroatoms. The van der Waals surface area contributed by atoms with Gasteiger partial charge < -0.3 is 20.1 Å². The number of hydrogen-bond donors (Lipinski definition) is 2. The van der Waals surface area contributed by atoms with Crippen molar-refractivity contribution >= 4 is 17.3 Å². The third-order valence-corrected chi connectivity index (χ3v) is 3.63. The van der Waals surface area contributed by atoms with Crippen LogP contribution in [0.15, 0.2) is 6.33 Å². The van der Waals surface area contributed by atoms with Crippen LogP contribution < -0.4 is 10.6 Å². The summed E-state index contributed by atoms with van der Waals surface area (Å²) in [5.41, 5.74) is -0.151. The Balaban J connectivity index is 2.01. The molecule has 0 aliphatic carbocycles. The van der Waals surface area contributed by atoms with Gasteiger partial charge >= 0.3 is 5.69 Å². The van der Waals surface area contributed by atoms with E-state index in [-0.39, 0.29) is 23.4 Å². The van der Waals surface area contributed by atoms with E-state index in [1.54, 1.807) is 7.11 Å². The summed E-state index contributed by atoms with van der Waals surface area (Å²) in [7, 11) is 1.57. The van der Waals surface area contributed by atoms with Crippen molar-refractivity contribution in [3.05, 3.63) is 16.4 Å². The first-order chi connectivity index (χ1) is 11.6. The van der Waals surface area contributed by atoms with Gasteiger partial charge in [-0.2, -0.15) is 0 Å². The van der Waals surface area contributed by atoms with Crippen LogP contribution in [0.5, 0.6) is 0 Å². The second-order valence-corrected chi connectivity index (χ2v) is 5.56. The second-order valence-electron chi connectivity index (χ2n) is 5.56. The van der Waals surface area contributed by atoms with Gasteiger partial charge in [-0.3, -0.25) is 15.0 Å². The molecule has 2 heterocycles. The fourth-order valence-electron chi connectivity index (χ4n) is 2.47. The maximum atomic E-state index is 11.4. The highest BCUT2D eigenvalue weighted by atomic mass is 16.6. The highest BCUT2D eigenvalue weighted by molar-refractivity contribution is 5.69. The third kappa shape index (κ3) is 5.25. The molecule has 24 heavy (non-hydrogen) atoms. The average molecular weight is 340 g/mol. The van der Waals surface area contributed by atoms with E-state index in [4.69, 9.17) is 9.47 Å². The van der Waals surface area contributed by atoms with Gasteiger partial charge in [0, 0.05) is 39.3 Å². The number of morpholine rings is 1. The molecule has 0 aromatic carbocycles. The van der Waals surface area contributed by atoms with Crippen LogP contribution in [-0.2, 0) is 9.47 Å². The zero-order valence-electron chi connectivity index (χ0n) is 14.0. The monoisotopic (exact) mass is 340 g/mol. The minimum absolute atomic E-state index is 0.107. The number of aromatic nitrogens is 2. The molecule has 1 unspecified atom stereocenters. The van der Waals surface area contributed by atoms with Gasteiger partial charge in [0.2, 0.25) is 11.6 Å². The van der Waals surface area contributed by atoms with Crippen molar-refractivity contribution in [1.29, 1.82) is 0 Å². The molecule has 1 saturated heterocycles. The lowest BCUT2D eigenvalue weighted by Gasteiger charge is -2.26.